The molecule has 0 radical (unpaired) electrons. The fraction of sp³-hybridized carbons (Fsp3) is 0.265. The molecule has 1 fully saturated rings. The standard InChI is InChI=1S/C34H31N5O5/c1-21-27-9-7-23(17-29(27)39(36-21)26-6-4-5-24(15-26)33(42)43-3)32(41)38-13-11-34(12-14-38)18-30(40)28-16-22(8-10-31(28)44-34)25-19-35-37(2)20-25/h4-10,15-17,19-20H,11-14,18H2,1-3H3. The lowest BCUT2D eigenvalue weighted by Crippen LogP contribution is -2.52. The molecule has 7 rings (SSSR count). The first-order chi connectivity index (χ1) is 21.2. The first-order valence-electron chi connectivity index (χ1n) is 14.6. The Hall–Kier alpha value is -5.25. The molecule has 1 amide bonds. The predicted molar refractivity (Wildman–Crippen MR) is 163 cm³/mol. The van der Waals surface area contributed by atoms with Gasteiger partial charge in [0.2, 0.25) is 0 Å². The van der Waals surface area contributed by atoms with Gasteiger partial charge in [-0.2, -0.15) is 10.2 Å². The van der Waals surface area contributed by atoms with Crippen LogP contribution >= 0.6 is 0 Å². The second kappa shape index (κ2) is 10.5. The van der Waals surface area contributed by atoms with Crippen molar-refractivity contribution >= 4 is 28.6 Å². The molecule has 5 aromatic rings. The first kappa shape index (κ1) is 27.6. The SMILES string of the molecule is COC(=O)c1cccc(-n2nc(C)c3ccc(C(=O)N4CCC5(CC4)CC(=O)c4cc(-c6cnn(C)c6)ccc4O5)cc32)c1. The van der Waals surface area contributed by atoms with Crippen molar-refractivity contribution in [1.29, 1.82) is 0 Å². The molecule has 1 spiro atoms. The molecular weight excluding hydrogens is 558 g/mol. The summed E-state index contributed by atoms with van der Waals surface area (Å²) < 4.78 is 14.9. The lowest BCUT2D eigenvalue weighted by Gasteiger charge is -2.44. The van der Waals surface area contributed by atoms with Crippen molar-refractivity contribution in [2.24, 2.45) is 7.05 Å². The number of ketones is 1. The van der Waals surface area contributed by atoms with Crippen LogP contribution in [0.15, 0.2) is 73.1 Å². The van der Waals surface area contributed by atoms with Crippen LogP contribution < -0.4 is 4.74 Å². The van der Waals surface area contributed by atoms with Crippen molar-refractivity contribution < 1.29 is 23.9 Å². The van der Waals surface area contributed by atoms with E-state index in [1.165, 1.54) is 7.11 Å². The summed E-state index contributed by atoms with van der Waals surface area (Å²) in [6.07, 6.45) is 5.11. The number of carbonyl (C=O) groups is 3. The van der Waals surface area contributed by atoms with Crippen molar-refractivity contribution in [3.05, 3.63) is 95.4 Å². The van der Waals surface area contributed by atoms with Crippen LogP contribution in [0.25, 0.3) is 27.7 Å². The van der Waals surface area contributed by atoms with Crippen molar-refractivity contribution in [1.82, 2.24) is 24.5 Å². The van der Waals surface area contributed by atoms with Crippen LogP contribution in [-0.2, 0) is 11.8 Å². The molecule has 10 heteroatoms. The summed E-state index contributed by atoms with van der Waals surface area (Å²) in [6, 6.07) is 18.3. The number of carbonyl (C=O) groups excluding carboxylic acids is 3. The third kappa shape index (κ3) is 4.72. The number of hydrogen-bond donors (Lipinski definition) is 0. The Labute approximate surface area is 253 Å². The Kier molecular flexibility index (Phi) is 6.57. The number of nitrogens with zero attached hydrogens (tertiary/aromatic N) is 5. The normalized spacial score (nSPS) is 15.7. The van der Waals surface area contributed by atoms with Gasteiger partial charge in [-0.1, -0.05) is 18.2 Å². The summed E-state index contributed by atoms with van der Waals surface area (Å²) >= 11 is 0. The zero-order valence-corrected chi connectivity index (χ0v) is 24.7. The van der Waals surface area contributed by atoms with E-state index < -0.39 is 11.6 Å². The van der Waals surface area contributed by atoms with Gasteiger partial charge >= 0.3 is 5.97 Å². The van der Waals surface area contributed by atoms with Gasteiger partial charge in [-0.15, -0.1) is 0 Å². The molecule has 0 saturated carbocycles. The summed E-state index contributed by atoms with van der Waals surface area (Å²) in [5.74, 6) is 0.139. The van der Waals surface area contributed by atoms with Gasteiger partial charge in [-0.05, 0) is 55.0 Å². The second-order valence-electron chi connectivity index (χ2n) is 11.6. The lowest BCUT2D eigenvalue weighted by atomic mass is 9.82. The fourth-order valence-corrected chi connectivity index (χ4v) is 6.31. The number of rotatable bonds is 4. The summed E-state index contributed by atoms with van der Waals surface area (Å²) in [5.41, 5.74) is 5.09. The number of aryl methyl sites for hydroxylation is 2. The number of likely N-dealkylation sites (tertiary alicyclic amines) is 1. The molecule has 3 aromatic carbocycles. The summed E-state index contributed by atoms with van der Waals surface area (Å²) in [4.78, 5) is 41.0. The van der Waals surface area contributed by atoms with Gasteiger partial charge in [0.05, 0.1) is 47.8 Å². The lowest BCUT2D eigenvalue weighted by molar-refractivity contribution is -0.00570. The Morgan fingerprint density at radius 2 is 1.80 bits per heavy atom. The number of amides is 1. The third-order valence-electron chi connectivity index (χ3n) is 8.71. The van der Waals surface area contributed by atoms with Gasteiger partial charge in [0.25, 0.3) is 5.91 Å². The van der Waals surface area contributed by atoms with E-state index in [0.717, 1.165) is 27.7 Å². The maximum absolute atomic E-state index is 13.7. The van der Waals surface area contributed by atoms with Crippen LogP contribution in [-0.4, -0.2) is 67.9 Å². The smallest absolute Gasteiger partial charge is 0.337 e. The molecule has 2 aliphatic rings. The number of hydrogen-bond acceptors (Lipinski definition) is 7. The Morgan fingerprint density at radius 1 is 0.977 bits per heavy atom. The molecule has 2 aliphatic heterocycles. The van der Waals surface area contributed by atoms with E-state index in [0.29, 0.717) is 54.1 Å². The van der Waals surface area contributed by atoms with Gasteiger partial charge < -0.3 is 14.4 Å². The molecule has 0 bridgehead atoms. The largest absolute Gasteiger partial charge is 0.486 e. The Morgan fingerprint density at radius 3 is 2.55 bits per heavy atom. The van der Waals surface area contributed by atoms with E-state index >= 15 is 0 Å². The van der Waals surface area contributed by atoms with Gasteiger partial charge in [0.15, 0.2) is 5.78 Å². The number of benzene rings is 3. The number of Topliss-reactive ketones (excluding diaryl/α,β-unsaturated/α-hetero) is 1. The van der Waals surface area contributed by atoms with E-state index in [9.17, 15) is 14.4 Å². The number of ether oxygens (including phenoxy) is 2. The molecule has 222 valence electrons. The van der Waals surface area contributed by atoms with Crippen LogP contribution in [0.3, 0.4) is 0 Å². The van der Waals surface area contributed by atoms with E-state index in [4.69, 9.17) is 14.6 Å². The van der Waals surface area contributed by atoms with Crippen LogP contribution in [0, 0.1) is 6.92 Å². The number of esters is 1. The Balaban J connectivity index is 1.10. The van der Waals surface area contributed by atoms with Crippen LogP contribution in [0.4, 0.5) is 0 Å². The summed E-state index contributed by atoms with van der Waals surface area (Å²) in [7, 11) is 3.21. The topological polar surface area (TPSA) is 109 Å². The van der Waals surface area contributed by atoms with Crippen molar-refractivity contribution in [2.45, 2.75) is 31.8 Å². The van der Waals surface area contributed by atoms with E-state index in [1.54, 1.807) is 33.8 Å². The van der Waals surface area contributed by atoms with Crippen LogP contribution in [0.1, 0.15) is 56.0 Å². The Bertz CT molecular complexity index is 1960. The van der Waals surface area contributed by atoms with Gasteiger partial charge in [-0.25, -0.2) is 9.48 Å². The summed E-state index contributed by atoms with van der Waals surface area (Å²) in [6.45, 7) is 2.87. The molecule has 10 nitrogen and oxygen atoms in total. The maximum Gasteiger partial charge on any atom is 0.337 e. The predicted octanol–water partition coefficient (Wildman–Crippen LogP) is 5.16. The van der Waals surface area contributed by atoms with Crippen molar-refractivity contribution in [3.8, 4) is 22.6 Å². The molecule has 4 heterocycles. The second-order valence-corrected chi connectivity index (χ2v) is 11.6. The van der Waals surface area contributed by atoms with Crippen molar-refractivity contribution in [3.63, 3.8) is 0 Å². The van der Waals surface area contributed by atoms with E-state index in [2.05, 4.69) is 5.10 Å². The van der Waals surface area contributed by atoms with E-state index in [-0.39, 0.29) is 18.1 Å². The summed E-state index contributed by atoms with van der Waals surface area (Å²) in [5, 5.41) is 9.84. The number of methoxy groups -OCH3 is 1. The number of piperidine rings is 1. The monoisotopic (exact) mass is 589 g/mol. The molecule has 1 saturated heterocycles. The highest BCUT2D eigenvalue weighted by Crippen LogP contribution is 2.41. The highest BCUT2D eigenvalue weighted by Gasteiger charge is 2.44. The van der Waals surface area contributed by atoms with Gasteiger partial charge in [0.1, 0.15) is 11.4 Å². The van der Waals surface area contributed by atoms with Crippen molar-refractivity contribution in [2.75, 3.05) is 20.2 Å². The minimum absolute atomic E-state index is 0.0575. The molecule has 0 aliphatic carbocycles. The highest BCUT2D eigenvalue weighted by atomic mass is 16.5. The minimum Gasteiger partial charge on any atom is -0.486 e. The molecule has 0 atom stereocenters. The third-order valence-corrected chi connectivity index (χ3v) is 8.71. The fourth-order valence-electron chi connectivity index (χ4n) is 6.31. The quantitative estimate of drug-likeness (QED) is 0.267. The molecule has 2 aromatic heterocycles. The number of aromatic nitrogens is 4. The van der Waals surface area contributed by atoms with E-state index in [1.807, 2.05) is 67.5 Å². The molecule has 44 heavy (non-hydrogen) atoms. The minimum atomic E-state index is -0.624. The zero-order valence-electron chi connectivity index (χ0n) is 24.7. The number of fused-ring (bicyclic) bond motifs is 2. The molecule has 0 unspecified atom stereocenters. The molecular formula is C34H31N5O5. The van der Waals surface area contributed by atoms with Crippen LogP contribution in [0.5, 0.6) is 5.75 Å². The first-order valence-corrected chi connectivity index (χ1v) is 14.6. The highest BCUT2D eigenvalue weighted by molar-refractivity contribution is 6.02. The average molecular weight is 590 g/mol. The molecule has 0 N–H and O–H groups in total. The maximum atomic E-state index is 13.7. The van der Waals surface area contributed by atoms with Gasteiger partial charge in [0, 0.05) is 55.7 Å². The van der Waals surface area contributed by atoms with Gasteiger partial charge in [-0.3, -0.25) is 14.3 Å². The van der Waals surface area contributed by atoms with Crippen LogP contribution in [0.2, 0.25) is 0 Å². The average Bonchev–Trinajstić information content (AvgIpc) is 3.63. The zero-order chi connectivity index (χ0) is 30.6.